The second-order valence-corrected chi connectivity index (χ2v) is 6.84. The van der Waals surface area contributed by atoms with Crippen LogP contribution in [0.4, 0.5) is 5.69 Å². The minimum atomic E-state index is -0.423. The smallest absolute Gasteiger partial charge is 0.259 e. The zero-order chi connectivity index (χ0) is 17.6. The van der Waals surface area contributed by atoms with Crippen LogP contribution in [0.5, 0.6) is 0 Å². The monoisotopic (exact) mass is 354 g/mol. The molecular formula is C19H18N2O3S. The van der Waals surface area contributed by atoms with E-state index >= 15 is 0 Å². The van der Waals surface area contributed by atoms with Crippen LogP contribution >= 0.6 is 11.8 Å². The van der Waals surface area contributed by atoms with Crippen LogP contribution in [-0.2, 0) is 10.5 Å². The normalized spacial score (nSPS) is 12.6. The maximum absolute atomic E-state index is 12.0. The van der Waals surface area contributed by atoms with Gasteiger partial charge in [-0.1, -0.05) is 30.3 Å². The van der Waals surface area contributed by atoms with Crippen LogP contribution in [0, 0.1) is 0 Å². The second-order valence-electron chi connectivity index (χ2n) is 5.73. The van der Waals surface area contributed by atoms with Crippen LogP contribution in [0.1, 0.15) is 39.1 Å². The predicted octanol–water partition coefficient (Wildman–Crippen LogP) is 3.22. The fourth-order valence-corrected chi connectivity index (χ4v) is 3.49. The summed E-state index contributed by atoms with van der Waals surface area (Å²) in [6.07, 6.45) is 1.21. The summed E-state index contributed by atoms with van der Waals surface area (Å²) in [5, 5.41) is 5.01. The van der Waals surface area contributed by atoms with E-state index in [-0.39, 0.29) is 5.91 Å². The molecule has 1 aliphatic heterocycles. The van der Waals surface area contributed by atoms with Crippen molar-refractivity contribution in [1.29, 1.82) is 0 Å². The minimum absolute atomic E-state index is 0.0926. The Balaban J connectivity index is 1.42. The van der Waals surface area contributed by atoms with Crippen molar-refractivity contribution >= 4 is 35.2 Å². The van der Waals surface area contributed by atoms with Gasteiger partial charge in [-0.15, -0.1) is 0 Å². The molecule has 0 saturated heterocycles. The highest BCUT2D eigenvalue weighted by Crippen LogP contribution is 2.20. The van der Waals surface area contributed by atoms with Crippen LogP contribution in [0.15, 0.2) is 48.5 Å². The molecule has 1 aliphatic rings. The fraction of sp³-hybridized carbons (Fsp3) is 0.211. The molecule has 1 heterocycles. The molecule has 128 valence electrons. The number of thioether (sulfide) groups is 1. The first-order valence-corrected chi connectivity index (χ1v) is 9.20. The molecule has 0 spiro atoms. The van der Waals surface area contributed by atoms with Crippen molar-refractivity contribution in [2.75, 3.05) is 11.1 Å². The molecular weight excluding hydrogens is 336 g/mol. The molecule has 0 aromatic heterocycles. The molecule has 2 aromatic rings. The van der Waals surface area contributed by atoms with Crippen LogP contribution in [-0.4, -0.2) is 23.5 Å². The number of anilines is 1. The van der Waals surface area contributed by atoms with E-state index in [1.165, 1.54) is 11.6 Å². The summed E-state index contributed by atoms with van der Waals surface area (Å²) in [5.41, 5.74) is 2.47. The van der Waals surface area contributed by atoms with Crippen molar-refractivity contribution < 1.29 is 14.4 Å². The Hall–Kier alpha value is -2.60. The van der Waals surface area contributed by atoms with Gasteiger partial charge in [0.15, 0.2) is 0 Å². The first-order valence-electron chi connectivity index (χ1n) is 8.05. The third kappa shape index (κ3) is 4.48. The van der Waals surface area contributed by atoms with Crippen molar-refractivity contribution in [3.8, 4) is 0 Å². The summed E-state index contributed by atoms with van der Waals surface area (Å²) in [7, 11) is 0. The SMILES string of the molecule is O=C(CCCSCc1ccccc1)Nc1ccc2c(c1)C(=O)NC2=O. The average Bonchev–Trinajstić information content (AvgIpc) is 2.89. The lowest BCUT2D eigenvalue weighted by molar-refractivity contribution is -0.116. The molecule has 0 radical (unpaired) electrons. The molecule has 0 saturated carbocycles. The molecule has 0 unspecified atom stereocenters. The third-order valence-corrected chi connectivity index (χ3v) is 4.94. The van der Waals surface area contributed by atoms with Gasteiger partial charge in [-0.2, -0.15) is 11.8 Å². The largest absolute Gasteiger partial charge is 0.326 e. The van der Waals surface area contributed by atoms with Gasteiger partial charge in [0.05, 0.1) is 11.1 Å². The highest BCUT2D eigenvalue weighted by molar-refractivity contribution is 7.98. The number of nitrogens with one attached hydrogen (secondary N) is 2. The van der Waals surface area contributed by atoms with E-state index < -0.39 is 11.8 Å². The molecule has 0 atom stereocenters. The Kier molecular flexibility index (Phi) is 5.50. The van der Waals surface area contributed by atoms with Gasteiger partial charge in [-0.05, 0) is 35.9 Å². The number of rotatable bonds is 7. The van der Waals surface area contributed by atoms with Crippen molar-refractivity contribution in [3.63, 3.8) is 0 Å². The molecule has 2 aromatic carbocycles. The van der Waals surface area contributed by atoms with Crippen LogP contribution in [0.25, 0.3) is 0 Å². The van der Waals surface area contributed by atoms with Gasteiger partial charge in [0.1, 0.15) is 0 Å². The number of imide groups is 1. The summed E-state index contributed by atoms with van der Waals surface area (Å²) in [5.74, 6) is 0.937. The van der Waals surface area contributed by atoms with Crippen molar-refractivity contribution in [2.24, 2.45) is 0 Å². The maximum atomic E-state index is 12.0. The molecule has 0 aliphatic carbocycles. The molecule has 0 bridgehead atoms. The molecule has 3 rings (SSSR count). The summed E-state index contributed by atoms with van der Waals surface area (Å²) >= 11 is 1.80. The zero-order valence-corrected chi connectivity index (χ0v) is 14.4. The van der Waals surface area contributed by atoms with Crippen LogP contribution in [0.3, 0.4) is 0 Å². The summed E-state index contributed by atoms with van der Waals surface area (Å²) in [6, 6.07) is 15.0. The zero-order valence-electron chi connectivity index (χ0n) is 13.6. The van der Waals surface area contributed by atoms with Gasteiger partial charge >= 0.3 is 0 Å². The Morgan fingerprint density at radius 2 is 1.76 bits per heavy atom. The summed E-state index contributed by atoms with van der Waals surface area (Å²) in [6.45, 7) is 0. The van der Waals surface area contributed by atoms with E-state index in [9.17, 15) is 14.4 Å². The number of hydrogen-bond donors (Lipinski definition) is 2. The van der Waals surface area contributed by atoms with Gasteiger partial charge in [-0.25, -0.2) is 0 Å². The lowest BCUT2D eigenvalue weighted by Gasteiger charge is -2.06. The van der Waals surface area contributed by atoms with Gasteiger partial charge < -0.3 is 5.32 Å². The van der Waals surface area contributed by atoms with Gasteiger partial charge in [-0.3, -0.25) is 19.7 Å². The molecule has 5 nitrogen and oxygen atoms in total. The lowest BCUT2D eigenvalue weighted by Crippen LogP contribution is -2.19. The second kappa shape index (κ2) is 7.98. The Bertz CT molecular complexity index is 806. The molecule has 3 amide bonds. The fourth-order valence-electron chi connectivity index (χ4n) is 2.57. The number of amides is 3. The first-order chi connectivity index (χ1) is 12.1. The third-order valence-electron chi connectivity index (χ3n) is 3.82. The number of hydrogen-bond acceptors (Lipinski definition) is 4. The topological polar surface area (TPSA) is 75.3 Å². The first kappa shape index (κ1) is 17.2. The van der Waals surface area contributed by atoms with E-state index in [0.717, 1.165) is 17.9 Å². The molecule has 6 heteroatoms. The van der Waals surface area contributed by atoms with Crippen molar-refractivity contribution in [2.45, 2.75) is 18.6 Å². The quantitative estimate of drug-likeness (QED) is 0.591. The highest BCUT2D eigenvalue weighted by Gasteiger charge is 2.26. The lowest BCUT2D eigenvalue weighted by atomic mass is 10.1. The Morgan fingerprint density at radius 1 is 1.00 bits per heavy atom. The summed E-state index contributed by atoms with van der Waals surface area (Å²) in [4.78, 5) is 35.1. The molecule has 2 N–H and O–H groups in total. The standard InChI is InChI=1S/C19H18N2O3S/c22-17(7-4-10-25-12-13-5-2-1-3-6-13)20-14-8-9-15-16(11-14)19(24)21-18(15)23/h1-3,5-6,8-9,11H,4,7,10,12H2,(H,20,22)(H,21,23,24). The number of carbonyl (C=O) groups excluding carboxylic acids is 3. The van der Waals surface area contributed by atoms with Gasteiger partial charge in [0, 0.05) is 17.9 Å². The maximum Gasteiger partial charge on any atom is 0.259 e. The van der Waals surface area contributed by atoms with E-state index in [1.54, 1.807) is 23.9 Å². The van der Waals surface area contributed by atoms with Crippen molar-refractivity contribution in [3.05, 3.63) is 65.2 Å². The molecule has 25 heavy (non-hydrogen) atoms. The predicted molar refractivity (Wildman–Crippen MR) is 98.7 cm³/mol. The van der Waals surface area contributed by atoms with Crippen LogP contribution < -0.4 is 10.6 Å². The number of carbonyl (C=O) groups is 3. The Morgan fingerprint density at radius 3 is 2.56 bits per heavy atom. The number of benzene rings is 2. The Labute approximate surface area is 150 Å². The van der Waals surface area contributed by atoms with E-state index in [2.05, 4.69) is 22.8 Å². The summed E-state index contributed by atoms with van der Waals surface area (Å²) < 4.78 is 0. The van der Waals surface area contributed by atoms with E-state index in [4.69, 9.17) is 0 Å². The van der Waals surface area contributed by atoms with Crippen LogP contribution in [0.2, 0.25) is 0 Å². The van der Waals surface area contributed by atoms with E-state index in [1.807, 2.05) is 18.2 Å². The van der Waals surface area contributed by atoms with Gasteiger partial charge in [0.25, 0.3) is 11.8 Å². The van der Waals surface area contributed by atoms with Gasteiger partial charge in [0.2, 0.25) is 5.91 Å². The molecule has 0 fully saturated rings. The minimum Gasteiger partial charge on any atom is -0.326 e. The number of fused-ring (bicyclic) bond motifs is 1. The van der Waals surface area contributed by atoms with Crippen molar-refractivity contribution in [1.82, 2.24) is 5.32 Å². The average molecular weight is 354 g/mol. The van der Waals surface area contributed by atoms with E-state index in [0.29, 0.717) is 23.2 Å². The highest BCUT2D eigenvalue weighted by atomic mass is 32.2.